The normalized spacial score (nSPS) is 11.5. The molecule has 0 aliphatic carbocycles. The van der Waals surface area contributed by atoms with Gasteiger partial charge in [0.05, 0.1) is 35.0 Å². The number of H-pyrrole nitrogens is 1. The quantitative estimate of drug-likeness (QED) is 0.593. The molecule has 0 bridgehead atoms. The Hall–Kier alpha value is -3.22. The molecule has 0 saturated heterocycles. The molecule has 0 fully saturated rings. The number of hydrogen-bond donors (Lipinski definition) is 2. The molecular weight excluding hydrogens is 328 g/mol. The van der Waals surface area contributed by atoms with E-state index in [0.717, 1.165) is 27.9 Å². The van der Waals surface area contributed by atoms with Crippen molar-refractivity contribution in [2.24, 2.45) is 0 Å². The van der Waals surface area contributed by atoms with E-state index in [0.29, 0.717) is 17.8 Å². The number of pyridine rings is 1. The SMILES string of the molecule is Cc1nc2c(cnn2C(C)C)cc1C(=O)NCc1nc2ccccc2[nH]1. The van der Waals surface area contributed by atoms with Gasteiger partial charge in [0.15, 0.2) is 5.65 Å². The largest absolute Gasteiger partial charge is 0.345 e. The Morgan fingerprint density at radius 3 is 2.85 bits per heavy atom. The summed E-state index contributed by atoms with van der Waals surface area (Å²) in [6.07, 6.45) is 1.75. The van der Waals surface area contributed by atoms with Gasteiger partial charge in [0, 0.05) is 11.4 Å². The van der Waals surface area contributed by atoms with Crippen molar-refractivity contribution in [3.63, 3.8) is 0 Å². The Labute approximate surface area is 150 Å². The van der Waals surface area contributed by atoms with Gasteiger partial charge in [0.1, 0.15) is 5.82 Å². The lowest BCUT2D eigenvalue weighted by molar-refractivity contribution is 0.0949. The van der Waals surface area contributed by atoms with Crippen molar-refractivity contribution in [3.05, 3.63) is 53.6 Å². The van der Waals surface area contributed by atoms with E-state index in [4.69, 9.17) is 0 Å². The molecule has 132 valence electrons. The molecule has 1 aromatic carbocycles. The van der Waals surface area contributed by atoms with Crippen molar-refractivity contribution < 1.29 is 4.79 Å². The Bertz CT molecular complexity index is 1070. The molecule has 2 N–H and O–H groups in total. The topological polar surface area (TPSA) is 88.5 Å². The second-order valence-electron chi connectivity index (χ2n) is 6.60. The van der Waals surface area contributed by atoms with Crippen LogP contribution in [0, 0.1) is 6.92 Å². The average molecular weight is 348 g/mol. The van der Waals surface area contributed by atoms with E-state index in [1.165, 1.54) is 0 Å². The Kier molecular flexibility index (Phi) is 3.91. The summed E-state index contributed by atoms with van der Waals surface area (Å²) in [5, 5.41) is 8.13. The van der Waals surface area contributed by atoms with Crippen LogP contribution in [0.4, 0.5) is 0 Å². The third-order valence-corrected chi connectivity index (χ3v) is 4.35. The van der Waals surface area contributed by atoms with Crippen molar-refractivity contribution >= 4 is 28.0 Å². The molecule has 0 unspecified atom stereocenters. The number of benzene rings is 1. The molecule has 3 heterocycles. The summed E-state index contributed by atoms with van der Waals surface area (Å²) >= 11 is 0. The van der Waals surface area contributed by atoms with Crippen LogP contribution in [0.15, 0.2) is 36.5 Å². The molecule has 0 aliphatic rings. The van der Waals surface area contributed by atoms with Gasteiger partial charge in [-0.1, -0.05) is 12.1 Å². The number of rotatable bonds is 4. The van der Waals surface area contributed by atoms with Crippen LogP contribution in [0.1, 0.15) is 41.8 Å². The number of carbonyl (C=O) groups is 1. The first-order valence-electron chi connectivity index (χ1n) is 8.59. The summed E-state index contributed by atoms with van der Waals surface area (Å²) in [5.41, 5.74) is 3.87. The highest BCUT2D eigenvalue weighted by Crippen LogP contribution is 2.19. The van der Waals surface area contributed by atoms with Gasteiger partial charge in [0.2, 0.25) is 0 Å². The zero-order valence-corrected chi connectivity index (χ0v) is 14.9. The van der Waals surface area contributed by atoms with Crippen LogP contribution in [0.25, 0.3) is 22.1 Å². The van der Waals surface area contributed by atoms with Gasteiger partial charge in [-0.3, -0.25) is 4.79 Å². The molecule has 0 radical (unpaired) electrons. The number of nitrogens with zero attached hydrogens (tertiary/aromatic N) is 4. The van der Waals surface area contributed by atoms with Crippen LogP contribution in [-0.2, 0) is 6.54 Å². The van der Waals surface area contributed by atoms with Gasteiger partial charge in [-0.2, -0.15) is 5.10 Å². The second-order valence-corrected chi connectivity index (χ2v) is 6.60. The monoisotopic (exact) mass is 348 g/mol. The Morgan fingerprint density at radius 2 is 2.08 bits per heavy atom. The van der Waals surface area contributed by atoms with E-state index in [-0.39, 0.29) is 11.9 Å². The fraction of sp³-hybridized carbons (Fsp3) is 0.263. The highest BCUT2D eigenvalue weighted by Gasteiger charge is 2.15. The minimum absolute atomic E-state index is 0.172. The molecule has 7 heteroatoms. The number of amides is 1. The highest BCUT2D eigenvalue weighted by atomic mass is 16.1. The molecule has 4 rings (SSSR count). The summed E-state index contributed by atoms with van der Waals surface area (Å²) in [5.74, 6) is 0.550. The Morgan fingerprint density at radius 1 is 1.27 bits per heavy atom. The lowest BCUT2D eigenvalue weighted by Crippen LogP contribution is -2.24. The van der Waals surface area contributed by atoms with E-state index < -0.39 is 0 Å². The lowest BCUT2D eigenvalue weighted by atomic mass is 10.1. The van der Waals surface area contributed by atoms with E-state index in [2.05, 4.69) is 39.2 Å². The fourth-order valence-electron chi connectivity index (χ4n) is 3.02. The van der Waals surface area contributed by atoms with Crippen LogP contribution in [-0.4, -0.2) is 30.6 Å². The van der Waals surface area contributed by atoms with Gasteiger partial charge in [-0.05, 0) is 39.0 Å². The van der Waals surface area contributed by atoms with Crippen molar-refractivity contribution in [1.82, 2.24) is 30.0 Å². The average Bonchev–Trinajstić information content (AvgIpc) is 3.22. The molecular formula is C19H20N6O. The first-order valence-corrected chi connectivity index (χ1v) is 8.59. The maximum absolute atomic E-state index is 12.6. The number of carbonyl (C=O) groups excluding carboxylic acids is 1. The smallest absolute Gasteiger partial charge is 0.253 e. The summed E-state index contributed by atoms with van der Waals surface area (Å²) in [4.78, 5) is 24.9. The Balaban J connectivity index is 1.56. The van der Waals surface area contributed by atoms with E-state index in [1.807, 2.05) is 41.9 Å². The van der Waals surface area contributed by atoms with Crippen molar-refractivity contribution in [2.75, 3.05) is 0 Å². The third-order valence-electron chi connectivity index (χ3n) is 4.35. The minimum atomic E-state index is -0.172. The molecule has 7 nitrogen and oxygen atoms in total. The van der Waals surface area contributed by atoms with Crippen molar-refractivity contribution in [1.29, 1.82) is 0 Å². The van der Waals surface area contributed by atoms with Gasteiger partial charge in [-0.15, -0.1) is 0 Å². The summed E-state index contributed by atoms with van der Waals surface area (Å²) in [6, 6.07) is 9.84. The second kappa shape index (κ2) is 6.25. The minimum Gasteiger partial charge on any atom is -0.345 e. The molecule has 4 aromatic rings. The van der Waals surface area contributed by atoms with Gasteiger partial charge in [-0.25, -0.2) is 14.6 Å². The van der Waals surface area contributed by atoms with Gasteiger partial charge in [0.25, 0.3) is 5.91 Å². The number of para-hydroxylation sites is 2. The van der Waals surface area contributed by atoms with Crippen LogP contribution in [0.2, 0.25) is 0 Å². The number of aromatic amines is 1. The van der Waals surface area contributed by atoms with Crippen LogP contribution < -0.4 is 5.32 Å². The molecule has 1 amide bonds. The maximum atomic E-state index is 12.6. The number of imidazole rings is 1. The predicted molar refractivity (Wildman–Crippen MR) is 99.9 cm³/mol. The van der Waals surface area contributed by atoms with Crippen LogP contribution in [0.5, 0.6) is 0 Å². The first-order chi connectivity index (χ1) is 12.5. The highest BCUT2D eigenvalue weighted by molar-refractivity contribution is 5.98. The predicted octanol–water partition coefficient (Wildman–Crippen LogP) is 3.13. The molecule has 26 heavy (non-hydrogen) atoms. The maximum Gasteiger partial charge on any atom is 0.253 e. The molecule has 0 spiro atoms. The summed E-state index contributed by atoms with van der Waals surface area (Å²) < 4.78 is 1.86. The first kappa shape index (κ1) is 16.3. The van der Waals surface area contributed by atoms with Crippen molar-refractivity contribution in [3.8, 4) is 0 Å². The van der Waals surface area contributed by atoms with E-state index in [9.17, 15) is 4.79 Å². The van der Waals surface area contributed by atoms with E-state index >= 15 is 0 Å². The van der Waals surface area contributed by atoms with E-state index in [1.54, 1.807) is 6.20 Å². The van der Waals surface area contributed by atoms with Gasteiger partial charge < -0.3 is 10.3 Å². The molecule has 0 atom stereocenters. The fourth-order valence-corrected chi connectivity index (χ4v) is 3.02. The molecule has 0 saturated carbocycles. The number of fused-ring (bicyclic) bond motifs is 2. The number of aryl methyl sites for hydroxylation is 1. The van der Waals surface area contributed by atoms with Crippen LogP contribution >= 0.6 is 0 Å². The number of aromatic nitrogens is 5. The zero-order valence-electron chi connectivity index (χ0n) is 14.9. The van der Waals surface area contributed by atoms with Gasteiger partial charge >= 0.3 is 0 Å². The third kappa shape index (κ3) is 2.81. The van der Waals surface area contributed by atoms with Crippen molar-refractivity contribution in [2.45, 2.75) is 33.4 Å². The standard InChI is InChI=1S/C19H20N6O/c1-11(2)25-18-13(9-21-25)8-14(12(3)22-18)19(26)20-10-17-23-15-6-4-5-7-16(15)24-17/h4-9,11H,10H2,1-3H3,(H,20,26)(H,23,24). The van der Waals surface area contributed by atoms with Crippen LogP contribution in [0.3, 0.4) is 0 Å². The lowest BCUT2D eigenvalue weighted by Gasteiger charge is -2.09. The zero-order chi connectivity index (χ0) is 18.3. The molecule has 3 aromatic heterocycles. The summed E-state index contributed by atoms with van der Waals surface area (Å²) in [6.45, 7) is 6.28. The number of nitrogens with one attached hydrogen (secondary N) is 2. The summed E-state index contributed by atoms with van der Waals surface area (Å²) in [7, 11) is 0. The molecule has 0 aliphatic heterocycles. The number of hydrogen-bond acceptors (Lipinski definition) is 4.